The fourth-order valence-electron chi connectivity index (χ4n) is 2.98. The zero-order chi connectivity index (χ0) is 23.9. The number of carbonyl (C=O) groups excluding carboxylic acids is 1. The van der Waals surface area contributed by atoms with Gasteiger partial charge in [-0.1, -0.05) is 89.3 Å². The fourth-order valence-corrected chi connectivity index (χ4v) is 3.84. The first-order valence-corrected chi connectivity index (χ1v) is 11.5. The van der Waals surface area contributed by atoms with E-state index in [0.29, 0.717) is 10.8 Å². The van der Waals surface area contributed by atoms with E-state index in [4.69, 9.17) is 0 Å². The van der Waals surface area contributed by atoms with Crippen LogP contribution in [0.25, 0.3) is 15.9 Å². The molecule has 0 aliphatic rings. The van der Waals surface area contributed by atoms with Crippen LogP contribution in [0, 0.1) is 5.82 Å². The van der Waals surface area contributed by atoms with Crippen LogP contribution in [0.3, 0.4) is 0 Å². The Bertz CT molecular complexity index is 1140. The lowest BCUT2D eigenvalue weighted by Crippen LogP contribution is -2.24. The van der Waals surface area contributed by atoms with Crippen molar-refractivity contribution < 1.29 is 9.18 Å². The largest absolute Gasteiger partial charge is 0.296 e. The van der Waals surface area contributed by atoms with Crippen molar-refractivity contribution in [3.63, 3.8) is 0 Å². The number of anilines is 1. The summed E-state index contributed by atoms with van der Waals surface area (Å²) >= 11 is 1.38. The molecule has 2 aromatic heterocycles. The van der Waals surface area contributed by atoms with Crippen LogP contribution in [0.2, 0.25) is 0 Å². The second-order valence-electron chi connectivity index (χ2n) is 7.34. The van der Waals surface area contributed by atoms with Gasteiger partial charge in [-0.3, -0.25) is 10.1 Å². The van der Waals surface area contributed by atoms with Crippen LogP contribution in [-0.2, 0) is 5.41 Å². The Labute approximate surface area is 192 Å². The van der Waals surface area contributed by atoms with Crippen LogP contribution >= 0.6 is 11.3 Å². The third kappa shape index (κ3) is 5.37. The van der Waals surface area contributed by atoms with Crippen molar-refractivity contribution in [2.45, 2.75) is 53.9 Å². The molecule has 0 saturated heterocycles. The molecule has 0 atom stereocenters. The summed E-state index contributed by atoms with van der Waals surface area (Å²) in [5.41, 5.74) is 1.24. The van der Waals surface area contributed by atoms with E-state index in [1.165, 1.54) is 22.1 Å². The molecule has 32 heavy (non-hydrogen) atoms. The summed E-state index contributed by atoms with van der Waals surface area (Å²) in [6.45, 7) is 13.8. The summed E-state index contributed by atoms with van der Waals surface area (Å²) in [5.74, 6) is -0.859. The van der Waals surface area contributed by atoms with E-state index in [1.54, 1.807) is 18.2 Å². The van der Waals surface area contributed by atoms with Gasteiger partial charge in [-0.2, -0.15) is 0 Å². The van der Waals surface area contributed by atoms with E-state index in [1.807, 2.05) is 72.7 Å². The molecule has 1 N–H and O–H groups in total. The number of hydrogen-bond donors (Lipinski definition) is 1. The number of halogens is 1. The monoisotopic (exact) mass is 455 g/mol. The van der Waals surface area contributed by atoms with E-state index >= 15 is 0 Å². The quantitative estimate of drug-likeness (QED) is 0.377. The SMILES string of the molecule is CC.CC.CC(C)(C)c1c(C(=O)Nc2nc3ccccc3s2)nnn1-c1ccccc1F. The summed E-state index contributed by atoms with van der Waals surface area (Å²) < 4.78 is 16.7. The summed E-state index contributed by atoms with van der Waals surface area (Å²) in [6, 6.07) is 13.9. The molecule has 4 rings (SSSR count). The van der Waals surface area contributed by atoms with Crippen molar-refractivity contribution in [1.82, 2.24) is 20.0 Å². The Hall–Kier alpha value is -3.13. The molecule has 0 bridgehead atoms. The maximum absolute atomic E-state index is 14.3. The highest BCUT2D eigenvalue weighted by Gasteiger charge is 2.31. The third-order valence-electron chi connectivity index (χ3n) is 4.19. The molecule has 0 radical (unpaired) electrons. The fraction of sp³-hybridized carbons (Fsp3) is 0.333. The number of aromatic nitrogens is 4. The predicted octanol–water partition coefficient (Wildman–Crippen LogP) is 6.62. The Morgan fingerprint density at radius 2 is 1.62 bits per heavy atom. The molecular formula is C24H30FN5OS. The highest BCUT2D eigenvalue weighted by Crippen LogP contribution is 2.30. The third-order valence-corrected chi connectivity index (χ3v) is 5.14. The Morgan fingerprint density at radius 1 is 1.00 bits per heavy atom. The number of carbonyl (C=O) groups is 1. The molecule has 1 amide bonds. The number of thiazole rings is 1. The molecule has 2 aromatic carbocycles. The van der Waals surface area contributed by atoms with Gasteiger partial charge in [0.25, 0.3) is 5.91 Å². The minimum Gasteiger partial charge on any atom is -0.296 e. The summed E-state index contributed by atoms with van der Waals surface area (Å²) in [4.78, 5) is 17.4. The van der Waals surface area contributed by atoms with Crippen LogP contribution < -0.4 is 5.32 Å². The van der Waals surface area contributed by atoms with Gasteiger partial charge in [0.15, 0.2) is 10.8 Å². The van der Waals surface area contributed by atoms with Crippen molar-refractivity contribution in [2.24, 2.45) is 0 Å². The average Bonchev–Trinajstić information content (AvgIpc) is 3.41. The summed E-state index contributed by atoms with van der Waals surface area (Å²) in [5, 5.41) is 11.4. The smallest absolute Gasteiger partial charge is 0.279 e. The lowest BCUT2D eigenvalue weighted by molar-refractivity contribution is 0.102. The highest BCUT2D eigenvalue weighted by molar-refractivity contribution is 7.22. The van der Waals surface area contributed by atoms with Crippen molar-refractivity contribution in [3.05, 3.63) is 65.7 Å². The van der Waals surface area contributed by atoms with Crippen molar-refractivity contribution >= 4 is 32.6 Å². The van der Waals surface area contributed by atoms with Gasteiger partial charge in [0, 0.05) is 5.41 Å². The Balaban J connectivity index is 0.000000860. The number of nitrogens with one attached hydrogen (secondary N) is 1. The number of nitrogens with zero attached hydrogens (tertiary/aromatic N) is 4. The van der Waals surface area contributed by atoms with Gasteiger partial charge in [0.2, 0.25) is 0 Å². The second-order valence-corrected chi connectivity index (χ2v) is 8.37. The van der Waals surface area contributed by atoms with Gasteiger partial charge in [0.1, 0.15) is 11.5 Å². The Kier molecular flexibility index (Phi) is 8.60. The topological polar surface area (TPSA) is 72.7 Å². The van der Waals surface area contributed by atoms with Crippen LogP contribution in [0.1, 0.15) is 64.6 Å². The average molecular weight is 456 g/mol. The number of amides is 1. The molecule has 0 fully saturated rings. The maximum atomic E-state index is 14.3. The Morgan fingerprint density at radius 3 is 2.25 bits per heavy atom. The zero-order valence-electron chi connectivity index (χ0n) is 19.6. The number of rotatable bonds is 3. The summed E-state index contributed by atoms with van der Waals surface area (Å²) in [6.07, 6.45) is 0. The lowest BCUT2D eigenvalue weighted by Gasteiger charge is -2.21. The van der Waals surface area contributed by atoms with E-state index in [-0.39, 0.29) is 11.4 Å². The minimum atomic E-state index is -0.494. The first kappa shape index (κ1) is 25.1. The zero-order valence-corrected chi connectivity index (χ0v) is 20.4. The van der Waals surface area contributed by atoms with Crippen molar-refractivity contribution in [3.8, 4) is 5.69 Å². The van der Waals surface area contributed by atoms with E-state index in [9.17, 15) is 9.18 Å². The molecule has 6 nitrogen and oxygen atoms in total. The molecule has 0 aliphatic heterocycles. The van der Waals surface area contributed by atoms with Crippen LogP contribution in [0.5, 0.6) is 0 Å². The molecule has 170 valence electrons. The van der Waals surface area contributed by atoms with Gasteiger partial charge < -0.3 is 0 Å². The lowest BCUT2D eigenvalue weighted by atomic mass is 9.90. The molecule has 2 heterocycles. The first-order valence-electron chi connectivity index (χ1n) is 10.7. The van der Waals surface area contributed by atoms with E-state index < -0.39 is 17.1 Å². The summed E-state index contributed by atoms with van der Waals surface area (Å²) in [7, 11) is 0. The predicted molar refractivity (Wildman–Crippen MR) is 130 cm³/mol. The van der Waals surface area contributed by atoms with Crippen molar-refractivity contribution in [1.29, 1.82) is 0 Å². The molecular weight excluding hydrogens is 425 g/mol. The van der Waals surface area contributed by atoms with Crippen LogP contribution in [-0.4, -0.2) is 25.9 Å². The minimum absolute atomic E-state index is 0.148. The molecule has 0 spiro atoms. The molecule has 0 unspecified atom stereocenters. The maximum Gasteiger partial charge on any atom is 0.279 e. The standard InChI is InChI=1S/C20H18FN5OS.2C2H6/c1-20(2,3)17-16(24-25-26(17)14-10-6-4-8-12(14)21)18(27)23-19-22-13-9-5-7-11-15(13)28-19;2*1-2/h4-11H,1-3H3,(H,22,23,27);2*1-2H3. The molecule has 4 aromatic rings. The highest BCUT2D eigenvalue weighted by atomic mass is 32.1. The van der Waals surface area contributed by atoms with Crippen LogP contribution in [0.15, 0.2) is 48.5 Å². The van der Waals surface area contributed by atoms with Gasteiger partial charge in [-0.05, 0) is 24.3 Å². The molecule has 8 heteroatoms. The molecule has 0 saturated carbocycles. The second kappa shape index (κ2) is 10.9. The van der Waals surface area contributed by atoms with Crippen molar-refractivity contribution in [2.75, 3.05) is 5.32 Å². The number of fused-ring (bicyclic) bond motifs is 1. The van der Waals surface area contributed by atoms with Gasteiger partial charge in [0.05, 0.1) is 15.9 Å². The number of benzene rings is 2. The van der Waals surface area contributed by atoms with E-state index in [0.717, 1.165) is 10.2 Å². The van der Waals surface area contributed by atoms with E-state index in [2.05, 4.69) is 20.6 Å². The normalized spacial score (nSPS) is 10.6. The van der Waals surface area contributed by atoms with Gasteiger partial charge in [-0.15, -0.1) is 5.10 Å². The number of para-hydroxylation sites is 2. The molecule has 0 aliphatic carbocycles. The first-order chi connectivity index (χ1) is 15.3. The van der Waals surface area contributed by atoms with Gasteiger partial charge >= 0.3 is 0 Å². The van der Waals surface area contributed by atoms with Gasteiger partial charge in [-0.25, -0.2) is 14.1 Å². The van der Waals surface area contributed by atoms with Crippen LogP contribution in [0.4, 0.5) is 9.52 Å². The number of hydrogen-bond acceptors (Lipinski definition) is 5.